The standard InChI is InChI=1S/C7H9NO2/c1-5-2-3-7(10-5)6(9)4-8/h2-3H,4,8H2,1H3. The van der Waals surface area contributed by atoms with Crippen LogP contribution < -0.4 is 5.73 Å². The minimum atomic E-state index is -0.159. The van der Waals surface area contributed by atoms with Gasteiger partial charge in [0.15, 0.2) is 5.76 Å². The maximum Gasteiger partial charge on any atom is 0.211 e. The summed E-state index contributed by atoms with van der Waals surface area (Å²) in [5.41, 5.74) is 5.10. The highest BCUT2D eigenvalue weighted by atomic mass is 16.3. The van der Waals surface area contributed by atoms with Crippen molar-refractivity contribution in [3.8, 4) is 0 Å². The smallest absolute Gasteiger partial charge is 0.211 e. The molecule has 0 fully saturated rings. The number of carbonyl (C=O) groups is 1. The van der Waals surface area contributed by atoms with Gasteiger partial charge in [0, 0.05) is 0 Å². The van der Waals surface area contributed by atoms with Crippen molar-refractivity contribution in [1.29, 1.82) is 0 Å². The van der Waals surface area contributed by atoms with E-state index in [1.165, 1.54) is 0 Å². The van der Waals surface area contributed by atoms with Crippen LogP contribution in [0.5, 0.6) is 0 Å². The molecule has 0 aromatic carbocycles. The molecule has 54 valence electrons. The van der Waals surface area contributed by atoms with Crippen LogP contribution in [-0.4, -0.2) is 12.3 Å². The fraction of sp³-hybridized carbons (Fsp3) is 0.286. The van der Waals surface area contributed by atoms with Gasteiger partial charge in [-0.2, -0.15) is 0 Å². The second-order valence-electron chi connectivity index (χ2n) is 2.04. The predicted octanol–water partition coefficient (Wildman–Crippen LogP) is 0.729. The predicted molar refractivity (Wildman–Crippen MR) is 36.8 cm³/mol. The van der Waals surface area contributed by atoms with Gasteiger partial charge >= 0.3 is 0 Å². The number of carbonyl (C=O) groups excluding carboxylic acids is 1. The molecule has 1 heterocycles. The molecule has 2 N–H and O–H groups in total. The van der Waals surface area contributed by atoms with E-state index >= 15 is 0 Å². The van der Waals surface area contributed by atoms with E-state index < -0.39 is 0 Å². The van der Waals surface area contributed by atoms with Crippen molar-refractivity contribution in [2.45, 2.75) is 6.92 Å². The Hall–Kier alpha value is -1.09. The highest BCUT2D eigenvalue weighted by Gasteiger charge is 2.05. The molecule has 0 aliphatic carbocycles. The van der Waals surface area contributed by atoms with Crippen molar-refractivity contribution >= 4 is 5.78 Å². The quantitative estimate of drug-likeness (QED) is 0.614. The first kappa shape index (κ1) is 7.02. The van der Waals surface area contributed by atoms with Crippen molar-refractivity contribution in [3.05, 3.63) is 23.7 Å². The summed E-state index contributed by atoms with van der Waals surface area (Å²) in [6.45, 7) is 1.79. The SMILES string of the molecule is Cc1ccc(C(=O)CN)o1. The minimum Gasteiger partial charge on any atom is -0.458 e. The molecule has 10 heavy (non-hydrogen) atoms. The summed E-state index contributed by atoms with van der Waals surface area (Å²) in [5.74, 6) is 0.921. The monoisotopic (exact) mass is 139 g/mol. The lowest BCUT2D eigenvalue weighted by molar-refractivity contribution is 0.0974. The van der Waals surface area contributed by atoms with Crippen LogP contribution in [-0.2, 0) is 0 Å². The molecular weight excluding hydrogens is 130 g/mol. The first-order chi connectivity index (χ1) is 4.74. The molecule has 0 saturated heterocycles. The van der Waals surface area contributed by atoms with Crippen LogP contribution >= 0.6 is 0 Å². The minimum absolute atomic E-state index is 0.00690. The fourth-order valence-electron chi connectivity index (χ4n) is 0.685. The van der Waals surface area contributed by atoms with Gasteiger partial charge in [-0.25, -0.2) is 0 Å². The lowest BCUT2D eigenvalue weighted by Gasteiger charge is -1.88. The van der Waals surface area contributed by atoms with E-state index in [9.17, 15) is 4.79 Å². The number of Topliss-reactive ketones (excluding diaryl/α,β-unsaturated/α-hetero) is 1. The molecular formula is C7H9NO2. The molecule has 0 aliphatic heterocycles. The zero-order valence-corrected chi connectivity index (χ0v) is 5.76. The van der Waals surface area contributed by atoms with Crippen molar-refractivity contribution < 1.29 is 9.21 Å². The molecule has 1 rings (SSSR count). The third-order valence-electron chi connectivity index (χ3n) is 1.20. The maximum atomic E-state index is 10.8. The van der Waals surface area contributed by atoms with Crippen LogP contribution in [0.3, 0.4) is 0 Å². The van der Waals surface area contributed by atoms with Crippen LogP contribution in [0, 0.1) is 6.92 Å². The van der Waals surface area contributed by atoms with Gasteiger partial charge in [-0.15, -0.1) is 0 Å². The van der Waals surface area contributed by atoms with E-state index in [0.29, 0.717) is 5.76 Å². The molecule has 0 saturated carbocycles. The van der Waals surface area contributed by atoms with Crippen LogP contribution in [0.1, 0.15) is 16.3 Å². The van der Waals surface area contributed by atoms with Crippen LogP contribution in [0.2, 0.25) is 0 Å². The molecule has 0 atom stereocenters. The molecule has 1 aromatic rings. The summed E-state index contributed by atoms with van der Waals surface area (Å²) in [4.78, 5) is 10.8. The van der Waals surface area contributed by atoms with Crippen LogP contribution in [0.15, 0.2) is 16.5 Å². The topological polar surface area (TPSA) is 56.2 Å². The van der Waals surface area contributed by atoms with Crippen molar-refractivity contribution in [3.63, 3.8) is 0 Å². The second-order valence-corrected chi connectivity index (χ2v) is 2.04. The van der Waals surface area contributed by atoms with Gasteiger partial charge in [0.2, 0.25) is 5.78 Å². The first-order valence-corrected chi connectivity index (χ1v) is 3.03. The van der Waals surface area contributed by atoms with Gasteiger partial charge in [-0.1, -0.05) is 0 Å². The summed E-state index contributed by atoms with van der Waals surface area (Å²) in [5, 5.41) is 0. The third-order valence-corrected chi connectivity index (χ3v) is 1.20. The van der Waals surface area contributed by atoms with E-state index in [1.54, 1.807) is 19.1 Å². The molecule has 1 aromatic heterocycles. The maximum absolute atomic E-state index is 10.8. The number of nitrogens with two attached hydrogens (primary N) is 1. The lowest BCUT2D eigenvalue weighted by Crippen LogP contribution is -2.12. The Labute approximate surface area is 58.8 Å². The number of rotatable bonds is 2. The van der Waals surface area contributed by atoms with E-state index in [-0.39, 0.29) is 12.3 Å². The van der Waals surface area contributed by atoms with Gasteiger partial charge in [-0.05, 0) is 19.1 Å². The number of hydrogen-bond acceptors (Lipinski definition) is 3. The number of aryl methyl sites for hydroxylation is 1. The number of ketones is 1. The highest BCUT2D eigenvalue weighted by molar-refractivity contribution is 5.94. The summed E-state index contributed by atoms with van der Waals surface area (Å²) in [6, 6.07) is 3.37. The molecule has 3 nitrogen and oxygen atoms in total. The Bertz CT molecular complexity index is 240. The van der Waals surface area contributed by atoms with Gasteiger partial charge in [0.05, 0.1) is 6.54 Å². The Kier molecular flexibility index (Phi) is 1.87. The van der Waals surface area contributed by atoms with Crippen LogP contribution in [0.25, 0.3) is 0 Å². The van der Waals surface area contributed by atoms with E-state index in [4.69, 9.17) is 10.2 Å². The fourth-order valence-corrected chi connectivity index (χ4v) is 0.685. The van der Waals surface area contributed by atoms with Crippen LogP contribution in [0.4, 0.5) is 0 Å². The van der Waals surface area contributed by atoms with E-state index in [0.717, 1.165) is 5.76 Å². The van der Waals surface area contributed by atoms with Gasteiger partial charge in [-0.3, -0.25) is 4.79 Å². The van der Waals surface area contributed by atoms with Gasteiger partial charge in [0.1, 0.15) is 5.76 Å². The molecule has 0 spiro atoms. The third kappa shape index (κ3) is 1.25. The Morgan fingerprint density at radius 3 is 2.80 bits per heavy atom. The molecule has 0 bridgehead atoms. The molecule has 0 amide bonds. The van der Waals surface area contributed by atoms with Crippen molar-refractivity contribution in [1.82, 2.24) is 0 Å². The summed E-state index contributed by atoms with van der Waals surface area (Å²) in [7, 11) is 0. The summed E-state index contributed by atoms with van der Waals surface area (Å²) in [6.07, 6.45) is 0. The zero-order chi connectivity index (χ0) is 7.56. The largest absolute Gasteiger partial charge is 0.458 e. The van der Waals surface area contributed by atoms with Gasteiger partial charge in [0.25, 0.3) is 0 Å². The van der Waals surface area contributed by atoms with Crippen molar-refractivity contribution in [2.75, 3.05) is 6.54 Å². The average Bonchev–Trinajstić information content (AvgIpc) is 2.34. The summed E-state index contributed by atoms with van der Waals surface area (Å²) >= 11 is 0. The summed E-state index contributed by atoms with van der Waals surface area (Å²) < 4.78 is 5.01. The first-order valence-electron chi connectivity index (χ1n) is 3.03. The molecule has 0 aliphatic rings. The average molecular weight is 139 g/mol. The zero-order valence-electron chi connectivity index (χ0n) is 5.76. The van der Waals surface area contributed by atoms with Gasteiger partial charge < -0.3 is 10.2 Å². The number of hydrogen-bond donors (Lipinski definition) is 1. The van der Waals surface area contributed by atoms with Crippen molar-refractivity contribution in [2.24, 2.45) is 5.73 Å². The normalized spacial score (nSPS) is 9.80. The Balaban J connectivity index is 2.85. The Morgan fingerprint density at radius 1 is 1.70 bits per heavy atom. The second kappa shape index (κ2) is 2.66. The lowest BCUT2D eigenvalue weighted by atomic mass is 10.3. The molecule has 0 unspecified atom stereocenters. The van der Waals surface area contributed by atoms with E-state index in [1.807, 2.05) is 0 Å². The van der Waals surface area contributed by atoms with E-state index in [2.05, 4.69) is 0 Å². The molecule has 3 heteroatoms. The highest BCUT2D eigenvalue weighted by Crippen LogP contribution is 2.05. The number of furan rings is 1. The Morgan fingerprint density at radius 2 is 2.40 bits per heavy atom. The molecule has 0 radical (unpaired) electrons.